The number of rotatable bonds is 4. The molecule has 9 heteroatoms. The van der Waals surface area contributed by atoms with Crippen LogP contribution in [0.1, 0.15) is 36.2 Å². The van der Waals surface area contributed by atoms with Crippen LogP contribution in [-0.4, -0.2) is 41.9 Å². The van der Waals surface area contributed by atoms with Crippen LogP contribution in [0.2, 0.25) is 0 Å². The van der Waals surface area contributed by atoms with Crippen molar-refractivity contribution in [1.82, 2.24) is 9.97 Å². The number of nitrogen functional groups attached to an aromatic ring is 1. The molecule has 0 aliphatic heterocycles. The number of anilines is 1. The number of aromatic amines is 1. The summed E-state index contributed by atoms with van der Waals surface area (Å²) in [5.41, 5.74) is 6.98. The van der Waals surface area contributed by atoms with Gasteiger partial charge in [0.2, 0.25) is 5.78 Å². The molecule has 25 heavy (non-hydrogen) atoms. The van der Waals surface area contributed by atoms with Gasteiger partial charge in [0.05, 0.1) is 25.3 Å². The first-order chi connectivity index (χ1) is 12.0. The van der Waals surface area contributed by atoms with E-state index in [0.29, 0.717) is 22.0 Å². The number of hydrogen-bond acceptors (Lipinski definition) is 8. The summed E-state index contributed by atoms with van der Waals surface area (Å²) >= 11 is 0.913. The van der Waals surface area contributed by atoms with E-state index in [9.17, 15) is 14.4 Å². The lowest BCUT2D eigenvalue weighted by molar-refractivity contribution is 0.0589. The molecule has 0 saturated carbocycles. The zero-order valence-corrected chi connectivity index (χ0v) is 14.1. The Balaban J connectivity index is 2.00. The van der Waals surface area contributed by atoms with E-state index in [-0.39, 0.29) is 21.5 Å². The normalized spacial score (nSPS) is 10.6. The van der Waals surface area contributed by atoms with Gasteiger partial charge in [0.1, 0.15) is 5.00 Å². The lowest BCUT2D eigenvalue weighted by Gasteiger charge is -2.00. The Morgan fingerprint density at radius 2 is 1.88 bits per heavy atom. The molecule has 0 atom stereocenters. The lowest BCUT2D eigenvalue weighted by Crippen LogP contribution is -2.06. The molecule has 0 spiro atoms. The Labute approximate surface area is 145 Å². The van der Waals surface area contributed by atoms with Crippen molar-refractivity contribution in [3.8, 4) is 0 Å². The van der Waals surface area contributed by atoms with E-state index in [0.717, 1.165) is 11.3 Å². The molecule has 0 saturated heterocycles. The number of nitrogens with zero attached hydrogens (tertiary/aromatic N) is 1. The average Bonchev–Trinajstić information content (AvgIpc) is 3.22. The Morgan fingerprint density at radius 3 is 2.56 bits per heavy atom. The fraction of sp³-hybridized carbons (Fsp3) is 0.125. The number of benzene rings is 1. The van der Waals surface area contributed by atoms with E-state index >= 15 is 0 Å². The summed E-state index contributed by atoms with van der Waals surface area (Å²) in [5.74, 6) is -1.56. The quantitative estimate of drug-likeness (QED) is 0.539. The highest BCUT2D eigenvalue weighted by molar-refractivity contribution is 7.18. The molecule has 2 aromatic heterocycles. The number of aromatic nitrogens is 2. The van der Waals surface area contributed by atoms with E-state index in [1.165, 1.54) is 20.4 Å². The standard InChI is InChI=1S/C16H13N3O5S/c1-23-15(21)7-3-4-8-9(6-18-10(8)5-7)12(20)14-19-11(13(17)25-14)16(22)24-2/h3-6,18H,17H2,1-2H3. The number of nitrogens with one attached hydrogen (secondary N) is 1. The maximum atomic E-state index is 12.7. The minimum absolute atomic E-state index is 0.0795. The largest absolute Gasteiger partial charge is 0.465 e. The van der Waals surface area contributed by atoms with Gasteiger partial charge < -0.3 is 20.2 Å². The molecule has 3 N–H and O–H groups in total. The Morgan fingerprint density at radius 1 is 1.16 bits per heavy atom. The molecule has 0 unspecified atom stereocenters. The summed E-state index contributed by atoms with van der Waals surface area (Å²) in [6, 6.07) is 4.80. The number of carbonyl (C=O) groups is 3. The molecule has 0 fully saturated rings. The fourth-order valence-corrected chi connectivity index (χ4v) is 3.12. The zero-order valence-electron chi connectivity index (χ0n) is 13.3. The van der Waals surface area contributed by atoms with Crippen LogP contribution in [-0.2, 0) is 9.47 Å². The average molecular weight is 359 g/mol. The first kappa shape index (κ1) is 16.7. The Hall–Kier alpha value is -3.20. The van der Waals surface area contributed by atoms with E-state index in [2.05, 4.69) is 19.4 Å². The summed E-state index contributed by atoms with van der Waals surface area (Å²) in [6.45, 7) is 0. The second-order valence-electron chi connectivity index (χ2n) is 5.01. The van der Waals surface area contributed by atoms with Crippen molar-refractivity contribution in [2.75, 3.05) is 20.0 Å². The lowest BCUT2D eigenvalue weighted by atomic mass is 10.1. The summed E-state index contributed by atoms with van der Waals surface area (Å²) in [6.07, 6.45) is 1.52. The molecular weight excluding hydrogens is 346 g/mol. The topological polar surface area (TPSA) is 124 Å². The smallest absolute Gasteiger partial charge is 0.359 e. The van der Waals surface area contributed by atoms with Crippen LogP contribution >= 0.6 is 11.3 Å². The van der Waals surface area contributed by atoms with Crippen molar-refractivity contribution in [1.29, 1.82) is 0 Å². The molecule has 8 nitrogen and oxygen atoms in total. The number of carbonyl (C=O) groups excluding carboxylic acids is 3. The minimum Gasteiger partial charge on any atom is -0.465 e. The van der Waals surface area contributed by atoms with Crippen molar-refractivity contribution in [3.05, 3.63) is 46.2 Å². The molecule has 128 valence electrons. The van der Waals surface area contributed by atoms with Gasteiger partial charge in [-0.25, -0.2) is 14.6 Å². The van der Waals surface area contributed by atoms with Crippen LogP contribution in [0.25, 0.3) is 10.9 Å². The van der Waals surface area contributed by atoms with Crippen LogP contribution in [0.3, 0.4) is 0 Å². The van der Waals surface area contributed by atoms with Gasteiger partial charge in [-0.05, 0) is 12.1 Å². The molecule has 0 radical (unpaired) electrons. The highest BCUT2D eigenvalue weighted by atomic mass is 32.1. The highest BCUT2D eigenvalue weighted by Crippen LogP contribution is 2.27. The number of esters is 2. The van der Waals surface area contributed by atoms with E-state index in [1.54, 1.807) is 18.2 Å². The van der Waals surface area contributed by atoms with Crippen LogP contribution in [0.5, 0.6) is 0 Å². The van der Waals surface area contributed by atoms with Gasteiger partial charge in [-0.1, -0.05) is 17.4 Å². The second-order valence-corrected chi connectivity index (χ2v) is 6.04. The van der Waals surface area contributed by atoms with E-state index < -0.39 is 11.9 Å². The second kappa shape index (κ2) is 6.36. The monoisotopic (exact) mass is 359 g/mol. The minimum atomic E-state index is -0.700. The molecule has 1 aromatic carbocycles. The summed E-state index contributed by atoms with van der Waals surface area (Å²) in [7, 11) is 2.50. The molecule has 0 aliphatic carbocycles. The first-order valence-corrected chi connectivity index (χ1v) is 7.86. The van der Waals surface area contributed by atoms with Crippen molar-refractivity contribution >= 4 is 45.0 Å². The van der Waals surface area contributed by atoms with Crippen LogP contribution in [0.4, 0.5) is 5.00 Å². The molecule has 3 aromatic rings. The Bertz CT molecular complexity index is 1000. The highest BCUT2D eigenvalue weighted by Gasteiger charge is 2.23. The third-order valence-corrected chi connectivity index (χ3v) is 4.46. The van der Waals surface area contributed by atoms with Crippen LogP contribution in [0.15, 0.2) is 24.4 Å². The molecular formula is C16H13N3O5S. The summed E-state index contributed by atoms with van der Waals surface area (Å²) in [5, 5.41) is 0.810. The number of methoxy groups -OCH3 is 2. The van der Waals surface area contributed by atoms with Gasteiger partial charge >= 0.3 is 11.9 Å². The van der Waals surface area contributed by atoms with Crippen molar-refractivity contribution in [3.63, 3.8) is 0 Å². The van der Waals surface area contributed by atoms with Crippen LogP contribution in [0, 0.1) is 0 Å². The number of thiazole rings is 1. The predicted octanol–water partition coefficient (Wildman–Crippen LogP) is 2.01. The fourth-order valence-electron chi connectivity index (χ4n) is 2.35. The van der Waals surface area contributed by atoms with Gasteiger partial charge in [-0.2, -0.15) is 0 Å². The van der Waals surface area contributed by atoms with Crippen molar-refractivity contribution in [2.24, 2.45) is 0 Å². The third kappa shape index (κ3) is 2.85. The van der Waals surface area contributed by atoms with Gasteiger partial charge in [0.25, 0.3) is 0 Å². The molecule has 3 rings (SSSR count). The summed E-state index contributed by atoms with van der Waals surface area (Å²) in [4.78, 5) is 42.8. The third-order valence-electron chi connectivity index (χ3n) is 3.57. The van der Waals surface area contributed by atoms with Gasteiger partial charge in [-0.3, -0.25) is 4.79 Å². The maximum absolute atomic E-state index is 12.7. The van der Waals surface area contributed by atoms with Gasteiger partial charge in [0, 0.05) is 17.1 Å². The number of H-pyrrole nitrogens is 1. The van der Waals surface area contributed by atoms with E-state index in [1.807, 2.05) is 0 Å². The maximum Gasteiger partial charge on any atom is 0.359 e. The number of nitrogens with two attached hydrogens (primary N) is 1. The van der Waals surface area contributed by atoms with Gasteiger partial charge in [-0.15, -0.1) is 0 Å². The first-order valence-electron chi connectivity index (χ1n) is 7.05. The number of ether oxygens (including phenoxy) is 2. The SMILES string of the molecule is COC(=O)c1ccc2c(C(=O)c3nc(C(=O)OC)c(N)s3)c[nH]c2c1. The molecule has 0 aliphatic rings. The molecule has 0 amide bonds. The zero-order chi connectivity index (χ0) is 18.1. The molecule has 0 bridgehead atoms. The van der Waals surface area contributed by atoms with Crippen molar-refractivity contribution < 1.29 is 23.9 Å². The van der Waals surface area contributed by atoms with Crippen molar-refractivity contribution in [2.45, 2.75) is 0 Å². The number of fused-ring (bicyclic) bond motifs is 1. The number of hydrogen-bond donors (Lipinski definition) is 2. The molecule has 2 heterocycles. The van der Waals surface area contributed by atoms with Crippen LogP contribution < -0.4 is 5.73 Å². The van der Waals surface area contributed by atoms with E-state index in [4.69, 9.17) is 5.73 Å². The Kier molecular flexibility index (Phi) is 4.24. The summed E-state index contributed by atoms with van der Waals surface area (Å²) < 4.78 is 9.25. The predicted molar refractivity (Wildman–Crippen MR) is 90.9 cm³/mol. The van der Waals surface area contributed by atoms with Gasteiger partial charge in [0.15, 0.2) is 10.7 Å². The number of ketones is 1.